The summed E-state index contributed by atoms with van der Waals surface area (Å²) in [6.07, 6.45) is 2.53. The molecule has 1 aromatic carbocycles. The number of aliphatic carboxylic acids is 1. The Morgan fingerprint density at radius 2 is 2.24 bits per heavy atom. The minimum Gasteiger partial charge on any atom is -0.480 e. The van der Waals surface area contributed by atoms with Crippen molar-refractivity contribution in [1.29, 1.82) is 0 Å². The van der Waals surface area contributed by atoms with Crippen molar-refractivity contribution in [3.63, 3.8) is 0 Å². The molecule has 1 aromatic rings. The Morgan fingerprint density at radius 1 is 1.48 bits per heavy atom. The summed E-state index contributed by atoms with van der Waals surface area (Å²) in [7, 11) is 0. The van der Waals surface area contributed by atoms with E-state index >= 15 is 0 Å². The molecule has 0 aliphatic rings. The lowest BCUT2D eigenvalue weighted by molar-refractivity contribution is -0.141. The minimum atomic E-state index is -1.02. The van der Waals surface area contributed by atoms with Gasteiger partial charge in [-0.2, -0.15) is 0 Å². The maximum Gasteiger partial charge on any atom is 0.326 e. The van der Waals surface area contributed by atoms with Crippen LogP contribution in [0.5, 0.6) is 0 Å². The molecular weight excluding hydrogens is 310 g/mol. The first-order chi connectivity index (χ1) is 10.0. The highest BCUT2D eigenvalue weighted by atomic mass is 35.5. The molecule has 114 valence electrons. The van der Waals surface area contributed by atoms with Gasteiger partial charge in [0.2, 0.25) is 5.91 Å². The van der Waals surface area contributed by atoms with Crippen LogP contribution in [-0.2, 0) is 15.3 Å². The van der Waals surface area contributed by atoms with E-state index in [4.69, 9.17) is 16.7 Å². The average Bonchev–Trinajstić information content (AvgIpc) is 2.43. The predicted molar refractivity (Wildman–Crippen MR) is 86.6 cm³/mol. The van der Waals surface area contributed by atoms with Gasteiger partial charge in [0.05, 0.1) is 5.75 Å². The second kappa shape index (κ2) is 9.47. The third-order valence-corrected chi connectivity index (χ3v) is 3.92. The number of hydrogen-bond acceptors (Lipinski definition) is 3. The molecule has 0 aliphatic heterocycles. The van der Waals surface area contributed by atoms with E-state index in [0.717, 1.165) is 5.56 Å². The number of carboxylic acid groups (broad SMARTS) is 1. The Bertz CT molecular complexity index is 507. The number of hydrogen-bond donors (Lipinski definition) is 2. The SMILES string of the molecule is C=CCCC(NC(=O)CSCc1cccc(Cl)c1)C(=O)O. The van der Waals surface area contributed by atoms with Gasteiger partial charge in [-0.3, -0.25) is 4.79 Å². The Balaban J connectivity index is 2.35. The summed E-state index contributed by atoms with van der Waals surface area (Å²) in [6.45, 7) is 3.54. The van der Waals surface area contributed by atoms with E-state index in [1.54, 1.807) is 12.1 Å². The molecule has 2 N–H and O–H groups in total. The first-order valence-corrected chi connectivity index (χ1v) is 8.01. The molecule has 0 radical (unpaired) electrons. The third-order valence-electron chi connectivity index (χ3n) is 2.68. The van der Waals surface area contributed by atoms with E-state index in [1.165, 1.54) is 11.8 Å². The number of nitrogens with one attached hydrogen (secondary N) is 1. The molecule has 21 heavy (non-hydrogen) atoms. The molecule has 1 amide bonds. The summed E-state index contributed by atoms with van der Waals surface area (Å²) in [5.74, 6) is -0.438. The zero-order valence-electron chi connectivity index (χ0n) is 11.5. The molecule has 0 spiro atoms. The molecule has 6 heteroatoms. The average molecular weight is 328 g/mol. The Labute approximate surface area is 133 Å². The summed E-state index contributed by atoms with van der Waals surface area (Å²) >= 11 is 7.29. The molecule has 0 fully saturated rings. The van der Waals surface area contributed by atoms with Crippen LogP contribution < -0.4 is 5.32 Å². The first-order valence-electron chi connectivity index (χ1n) is 6.48. The van der Waals surface area contributed by atoms with Crippen molar-refractivity contribution in [3.05, 3.63) is 47.5 Å². The van der Waals surface area contributed by atoms with E-state index in [2.05, 4.69) is 11.9 Å². The van der Waals surface area contributed by atoms with E-state index in [0.29, 0.717) is 23.6 Å². The van der Waals surface area contributed by atoms with E-state index in [1.807, 2.05) is 18.2 Å². The van der Waals surface area contributed by atoms with Crippen LogP contribution >= 0.6 is 23.4 Å². The summed E-state index contributed by atoms with van der Waals surface area (Å²) in [5.41, 5.74) is 1.03. The van der Waals surface area contributed by atoms with Gasteiger partial charge in [0.25, 0.3) is 0 Å². The highest BCUT2D eigenvalue weighted by molar-refractivity contribution is 7.99. The molecule has 1 unspecified atom stereocenters. The Morgan fingerprint density at radius 3 is 2.86 bits per heavy atom. The van der Waals surface area contributed by atoms with Crippen molar-refractivity contribution in [2.75, 3.05) is 5.75 Å². The van der Waals surface area contributed by atoms with Gasteiger partial charge < -0.3 is 10.4 Å². The van der Waals surface area contributed by atoms with E-state index in [9.17, 15) is 9.59 Å². The Kier molecular flexibility index (Phi) is 7.93. The molecule has 0 bridgehead atoms. The summed E-state index contributed by atoms with van der Waals surface area (Å²) < 4.78 is 0. The minimum absolute atomic E-state index is 0.213. The fraction of sp³-hybridized carbons (Fsp3) is 0.333. The van der Waals surface area contributed by atoms with E-state index < -0.39 is 12.0 Å². The Hall–Kier alpha value is -1.46. The van der Waals surface area contributed by atoms with Crippen molar-refractivity contribution in [3.8, 4) is 0 Å². The van der Waals surface area contributed by atoms with Crippen LogP contribution in [0.25, 0.3) is 0 Å². The number of benzene rings is 1. The van der Waals surface area contributed by atoms with Crippen LogP contribution in [-0.4, -0.2) is 28.8 Å². The lowest BCUT2D eigenvalue weighted by atomic mass is 10.1. The highest BCUT2D eigenvalue weighted by Crippen LogP contribution is 2.16. The van der Waals surface area contributed by atoms with Gasteiger partial charge in [-0.25, -0.2) is 4.79 Å². The van der Waals surface area contributed by atoms with Gasteiger partial charge in [-0.15, -0.1) is 18.3 Å². The molecule has 0 saturated carbocycles. The van der Waals surface area contributed by atoms with Crippen molar-refractivity contribution in [2.24, 2.45) is 0 Å². The fourth-order valence-electron chi connectivity index (χ4n) is 1.67. The molecule has 0 heterocycles. The normalized spacial score (nSPS) is 11.7. The van der Waals surface area contributed by atoms with Gasteiger partial charge in [0.15, 0.2) is 0 Å². The van der Waals surface area contributed by atoms with Crippen LogP contribution in [0, 0.1) is 0 Å². The number of carboxylic acids is 1. The molecule has 0 aromatic heterocycles. The third kappa shape index (κ3) is 7.20. The molecule has 0 saturated heterocycles. The summed E-state index contributed by atoms with van der Waals surface area (Å²) in [4.78, 5) is 22.7. The molecule has 0 aliphatic carbocycles. The van der Waals surface area contributed by atoms with Crippen LogP contribution in [0.1, 0.15) is 18.4 Å². The van der Waals surface area contributed by atoms with Crippen molar-refractivity contribution < 1.29 is 14.7 Å². The molecular formula is C15H18ClNO3S. The van der Waals surface area contributed by atoms with Gasteiger partial charge in [-0.05, 0) is 30.5 Å². The predicted octanol–water partition coefficient (Wildman–Crippen LogP) is 3.11. The van der Waals surface area contributed by atoms with Crippen molar-refractivity contribution in [2.45, 2.75) is 24.6 Å². The number of halogens is 1. The lowest BCUT2D eigenvalue weighted by Crippen LogP contribution is -2.41. The lowest BCUT2D eigenvalue weighted by Gasteiger charge is -2.13. The van der Waals surface area contributed by atoms with Gasteiger partial charge in [-0.1, -0.05) is 29.8 Å². The van der Waals surface area contributed by atoms with Crippen LogP contribution in [0.2, 0.25) is 5.02 Å². The number of allylic oxidation sites excluding steroid dienone is 1. The largest absolute Gasteiger partial charge is 0.480 e. The second-order valence-electron chi connectivity index (χ2n) is 4.45. The maximum atomic E-state index is 11.7. The fourth-order valence-corrected chi connectivity index (χ4v) is 2.67. The monoisotopic (exact) mass is 327 g/mol. The molecule has 1 atom stereocenters. The van der Waals surface area contributed by atoms with Crippen LogP contribution in [0.4, 0.5) is 0 Å². The molecule has 1 rings (SSSR count). The first kappa shape index (κ1) is 17.6. The quantitative estimate of drug-likeness (QED) is 0.684. The van der Waals surface area contributed by atoms with E-state index in [-0.39, 0.29) is 11.7 Å². The van der Waals surface area contributed by atoms with Crippen molar-refractivity contribution in [1.82, 2.24) is 5.32 Å². The van der Waals surface area contributed by atoms with Gasteiger partial charge in [0.1, 0.15) is 6.04 Å². The highest BCUT2D eigenvalue weighted by Gasteiger charge is 2.18. The summed E-state index contributed by atoms with van der Waals surface area (Å²) in [5, 5.41) is 12.2. The van der Waals surface area contributed by atoms with Crippen molar-refractivity contribution >= 4 is 35.2 Å². The smallest absolute Gasteiger partial charge is 0.326 e. The topological polar surface area (TPSA) is 66.4 Å². The number of carbonyl (C=O) groups is 2. The number of rotatable bonds is 9. The summed E-state index contributed by atoms with van der Waals surface area (Å²) in [6, 6.07) is 6.56. The second-order valence-corrected chi connectivity index (χ2v) is 5.87. The molecule has 4 nitrogen and oxygen atoms in total. The van der Waals surface area contributed by atoms with Crippen LogP contribution in [0.3, 0.4) is 0 Å². The maximum absolute atomic E-state index is 11.7. The standard InChI is InChI=1S/C15H18ClNO3S/c1-2-3-7-13(15(19)20)17-14(18)10-21-9-11-5-4-6-12(16)8-11/h2,4-6,8,13H,1,3,7,9-10H2,(H,17,18)(H,19,20). The zero-order chi connectivity index (χ0) is 15.7. The zero-order valence-corrected chi connectivity index (χ0v) is 13.1. The van der Waals surface area contributed by atoms with Gasteiger partial charge in [0, 0.05) is 10.8 Å². The number of thioether (sulfide) groups is 1. The van der Waals surface area contributed by atoms with Gasteiger partial charge >= 0.3 is 5.97 Å². The number of amides is 1. The van der Waals surface area contributed by atoms with Crippen LogP contribution in [0.15, 0.2) is 36.9 Å². The number of carbonyl (C=O) groups excluding carboxylic acids is 1.